The minimum atomic E-state index is -1.03. The Bertz CT molecular complexity index is 1840. The van der Waals surface area contributed by atoms with Gasteiger partial charge in [-0.25, -0.2) is 0 Å². The van der Waals surface area contributed by atoms with Gasteiger partial charge in [-0.2, -0.15) is 0 Å². The Balaban J connectivity index is 1.62. The smallest absolute Gasteiger partial charge is 0.142 e. The fraction of sp³-hybridized carbons (Fsp3) is 0.378. The van der Waals surface area contributed by atoms with Gasteiger partial charge in [-0.05, 0) is 95.5 Å². The highest BCUT2D eigenvalue weighted by molar-refractivity contribution is 7.63. The topological polar surface area (TPSA) is 28.9 Å². The van der Waals surface area contributed by atoms with E-state index in [0.29, 0.717) is 0 Å². The van der Waals surface area contributed by atoms with Gasteiger partial charge < -0.3 is 22.1 Å². The Morgan fingerprint density at radius 2 is 0.808 bits per heavy atom. The summed E-state index contributed by atoms with van der Waals surface area (Å²) in [5.74, 6) is 2.11. The zero-order valence-electron chi connectivity index (χ0n) is 32.4. The molecule has 272 valence electrons. The molecule has 1 aliphatic rings. The van der Waals surface area contributed by atoms with Gasteiger partial charge >= 0.3 is 0 Å². The van der Waals surface area contributed by atoms with E-state index in [1.165, 1.54) is 32.9 Å². The molecule has 0 fully saturated rings. The zero-order chi connectivity index (χ0) is 36.7. The molecule has 6 aromatic rings. The van der Waals surface area contributed by atoms with E-state index < -0.39 is 16.4 Å². The van der Waals surface area contributed by atoms with Crippen LogP contribution in [0, 0.1) is 0 Å². The van der Waals surface area contributed by atoms with Crippen molar-refractivity contribution in [2.45, 2.75) is 110 Å². The maximum Gasteiger partial charge on any atom is 0.142 e. The molecule has 0 N–H and O–H groups in total. The second kappa shape index (κ2) is 14.6. The highest BCUT2D eigenvalue weighted by Crippen LogP contribution is 2.58. The first kappa shape index (κ1) is 36.6. The third-order valence-electron chi connectivity index (χ3n) is 10.7. The molecule has 2 aromatic carbocycles. The summed E-state index contributed by atoms with van der Waals surface area (Å²) in [5, 5.41) is 2.54. The third-order valence-corrected chi connectivity index (χ3v) is 15.0. The lowest BCUT2D eigenvalue weighted by atomic mass is 9.64. The van der Waals surface area contributed by atoms with Gasteiger partial charge in [0.05, 0.1) is 10.6 Å². The van der Waals surface area contributed by atoms with Gasteiger partial charge in [-0.3, -0.25) is 0 Å². The first-order chi connectivity index (χ1) is 25.0. The van der Waals surface area contributed by atoms with E-state index in [1.54, 1.807) is 0 Å². The molecule has 0 amide bonds. The second-order valence-corrected chi connectivity index (χ2v) is 20.4. The molecule has 0 unspecified atom stereocenters. The minimum absolute atomic E-state index is 0.0464. The molecular weight excluding hydrogens is 674 g/mol. The predicted molar refractivity (Wildman–Crippen MR) is 223 cm³/mol. The SMILES string of the molecule is CCCCC1(CCCC)c2cc(C(C)(C)C)cc(P(n3cccc3)n3cccc3)c2Oc2c(P(n3cccc3)n3cccc3)cc(C(C)(C)C)cc21. The van der Waals surface area contributed by atoms with Crippen LogP contribution in [0.4, 0.5) is 0 Å². The van der Waals surface area contributed by atoms with Crippen LogP contribution in [-0.2, 0) is 16.2 Å². The average Bonchev–Trinajstić information content (AvgIpc) is 3.95. The van der Waals surface area contributed by atoms with Gasteiger partial charge in [0.2, 0.25) is 0 Å². The number of unbranched alkanes of at least 4 members (excludes halogenated alkanes) is 2. The summed E-state index contributed by atoms with van der Waals surface area (Å²) in [6.45, 7) is 18.9. The quantitative estimate of drug-likeness (QED) is 0.115. The Kier molecular flexibility index (Phi) is 10.2. The first-order valence-electron chi connectivity index (χ1n) is 19.2. The van der Waals surface area contributed by atoms with E-state index in [1.807, 2.05) is 0 Å². The molecule has 7 rings (SSSR count). The van der Waals surface area contributed by atoms with Crippen LogP contribution < -0.4 is 15.3 Å². The molecule has 52 heavy (non-hydrogen) atoms. The lowest BCUT2D eigenvalue weighted by Crippen LogP contribution is -2.37. The van der Waals surface area contributed by atoms with E-state index in [2.05, 4.69) is 195 Å². The van der Waals surface area contributed by atoms with Crippen molar-refractivity contribution < 1.29 is 4.74 Å². The largest absolute Gasteiger partial charge is 0.455 e. The van der Waals surface area contributed by atoms with E-state index in [0.717, 1.165) is 50.0 Å². The summed E-state index contributed by atoms with van der Waals surface area (Å²) in [5.41, 5.74) is 5.19. The summed E-state index contributed by atoms with van der Waals surface area (Å²) < 4.78 is 17.3. The molecule has 0 radical (unpaired) electrons. The zero-order valence-corrected chi connectivity index (χ0v) is 34.2. The fourth-order valence-electron chi connectivity index (χ4n) is 7.73. The number of fused-ring (bicyclic) bond motifs is 2. The molecule has 0 aliphatic carbocycles. The van der Waals surface area contributed by atoms with Crippen LogP contribution in [-0.4, -0.2) is 17.4 Å². The predicted octanol–water partition coefficient (Wildman–Crippen LogP) is 12.3. The van der Waals surface area contributed by atoms with Crippen LogP contribution in [0.5, 0.6) is 11.5 Å². The van der Waals surface area contributed by atoms with Crippen molar-refractivity contribution in [1.29, 1.82) is 0 Å². The number of rotatable bonds is 12. The van der Waals surface area contributed by atoms with Crippen molar-refractivity contribution in [3.63, 3.8) is 0 Å². The summed E-state index contributed by atoms with van der Waals surface area (Å²) in [6.07, 6.45) is 24.5. The normalized spacial score (nSPS) is 14.1. The summed E-state index contributed by atoms with van der Waals surface area (Å²) in [7, 11) is -2.05. The van der Waals surface area contributed by atoms with Crippen molar-refractivity contribution in [1.82, 2.24) is 17.4 Å². The Hall–Kier alpha value is -3.78. The van der Waals surface area contributed by atoms with Gasteiger partial charge in [0.15, 0.2) is 0 Å². The molecule has 7 heteroatoms. The number of hydrogen-bond acceptors (Lipinski definition) is 1. The van der Waals surface area contributed by atoms with Crippen molar-refractivity contribution >= 4 is 27.1 Å². The average molecular weight is 731 g/mol. The maximum atomic E-state index is 7.72. The highest BCUT2D eigenvalue weighted by atomic mass is 31.1. The molecule has 1 aliphatic heterocycles. The molecule has 0 atom stereocenters. The molecule has 0 bridgehead atoms. The van der Waals surface area contributed by atoms with Crippen molar-refractivity contribution in [2.24, 2.45) is 0 Å². The number of benzene rings is 2. The molecule has 0 saturated heterocycles. The maximum absolute atomic E-state index is 7.72. The van der Waals surface area contributed by atoms with Gasteiger partial charge in [-0.1, -0.05) is 93.2 Å². The van der Waals surface area contributed by atoms with Crippen molar-refractivity contribution in [3.05, 3.63) is 145 Å². The van der Waals surface area contributed by atoms with Crippen LogP contribution in [0.15, 0.2) is 122 Å². The van der Waals surface area contributed by atoms with Crippen LogP contribution in [0.3, 0.4) is 0 Å². The fourth-order valence-corrected chi connectivity index (χ4v) is 12.0. The lowest BCUT2D eigenvalue weighted by molar-refractivity contribution is 0.344. The van der Waals surface area contributed by atoms with E-state index in [-0.39, 0.29) is 16.2 Å². The summed E-state index contributed by atoms with van der Waals surface area (Å²) in [6, 6.07) is 27.2. The third kappa shape index (κ3) is 6.76. The second-order valence-electron chi connectivity index (χ2n) is 16.5. The van der Waals surface area contributed by atoms with Gasteiger partial charge in [-0.15, -0.1) is 0 Å². The van der Waals surface area contributed by atoms with Gasteiger partial charge in [0.25, 0.3) is 0 Å². The molecule has 5 heterocycles. The number of ether oxygens (including phenoxy) is 1. The Morgan fingerprint density at radius 3 is 1.08 bits per heavy atom. The molecule has 4 aromatic heterocycles. The Morgan fingerprint density at radius 1 is 0.500 bits per heavy atom. The molecule has 0 spiro atoms. The highest BCUT2D eigenvalue weighted by Gasteiger charge is 2.46. The first-order valence-corrected chi connectivity index (χ1v) is 21.6. The van der Waals surface area contributed by atoms with Crippen LogP contribution in [0.2, 0.25) is 0 Å². The number of aromatic nitrogens is 4. The van der Waals surface area contributed by atoms with E-state index in [4.69, 9.17) is 4.74 Å². The van der Waals surface area contributed by atoms with E-state index in [9.17, 15) is 0 Å². The minimum Gasteiger partial charge on any atom is -0.455 e. The summed E-state index contributed by atoms with van der Waals surface area (Å²) >= 11 is 0. The van der Waals surface area contributed by atoms with Gasteiger partial charge in [0.1, 0.15) is 27.9 Å². The molecule has 0 saturated carbocycles. The lowest BCUT2D eigenvalue weighted by Gasteiger charge is -2.45. The van der Waals surface area contributed by atoms with Gasteiger partial charge in [0, 0.05) is 66.1 Å². The van der Waals surface area contributed by atoms with Crippen molar-refractivity contribution in [3.8, 4) is 11.5 Å². The molecular formula is C45H56N4OP2. The monoisotopic (exact) mass is 730 g/mol. The standard InChI is InChI=1S/C45H56N4OP2/c1-9-11-21-45(22-12-10-2)37-31-35(43(3,4)5)33-39(51(46-23-13-14-24-46)47-25-15-16-26-47)41(37)50-42-38(45)32-36(44(6,7)8)34-40(42)52(48-27-17-18-28-48)49-29-19-20-30-49/h13-20,23-34H,9-12,21-22H2,1-8H3. The van der Waals surface area contributed by atoms with Crippen LogP contribution >= 0.6 is 16.4 Å². The van der Waals surface area contributed by atoms with E-state index >= 15 is 0 Å². The van der Waals surface area contributed by atoms with Crippen LogP contribution in [0.1, 0.15) is 116 Å². The van der Waals surface area contributed by atoms with Crippen molar-refractivity contribution in [2.75, 3.05) is 0 Å². The number of hydrogen-bond donors (Lipinski definition) is 0. The molecule has 5 nitrogen and oxygen atoms in total. The number of nitrogens with zero attached hydrogens (tertiary/aromatic N) is 4. The van der Waals surface area contributed by atoms with Crippen LogP contribution in [0.25, 0.3) is 0 Å². The Labute approximate surface area is 314 Å². The summed E-state index contributed by atoms with van der Waals surface area (Å²) in [4.78, 5) is 0.